The van der Waals surface area contributed by atoms with Crippen molar-refractivity contribution in [2.24, 2.45) is 0 Å². The van der Waals surface area contributed by atoms with Crippen LogP contribution in [0.5, 0.6) is 0 Å². The minimum atomic E-state index is 0.433. The lowest BCUT2D eigenvalue weighted by atomic mass is 10.2. The predicted molar refractivity (Wildman–Crippen MR) is 80.4 cm³/mol. The Morgan fingerprint density at radius 1 is 1.37 bits per heavy atom. The van der Waals surface area contributed by atoms with E-state index in [4.69, 9.17) is 0 Å². The number of anilines is 1. The number of hydrogen-bond donors (Lipinski definition) is 1. The SMILES string of the molecule is CC[C@H](C)Nc1ccc(C#Cc2csc(C)n2)cn1. The van der Waals surface area contributed by atoms with Crippen molar-refractivity contribution in [3.63, 3.8) is 0 Å². The highest BCUT2D eigenvalue weighted by Gasteiger charge is 1.99. The second-order valence-electron chi connectivity index (χ2n) is 4.39. The molecule has 2 aromatic rings. The summed E-state index contributed by atoms with van der Waals surface area (Å²) < 4.78 is 0. The van der Waals surface area contributed by atoms with Gasteiger partial charge in [-0.2, -0.15) is 0 Å². The van der Waals surface area contributed by atoms with Crippen LogP contribution in [-0.2, 0) is 0 Å². The second kappa shape index (κ2) is 6.35. The van der Waals surface area contributed by atoms with Crippen molar-refractivity contribution in [2.45, 2.75) is 33.2 Å². The van der Waals surface area contributed by atoms with Gasteiger partial charge in [0.05, 0.1) is 5.01 Å². The minimum absolute atomic E-state index is 0.433. The summed E-state index contributed by atoms with van der Waals surface area (Å²) in [7, 11) is 0. The van der Waals surface area contributed by atoms with Crippen molar-refractivity contribution in [3.05, 3.63) is 40.0 Å². The fourth-order valence-corrected chi connectivity index (χ4v) is 2.01. The van der Waals surface area contributed by atoms with Crippen LogP contribution in [0.4, 0.5) is 5.82 Å². The Kier molecular flexibility index (Phi) is 4.53. The summed E-state index contributed by atoms with van der Waals surface area (Å²) in [6, 6.07) is 4.37. The second-order valence-corrected chi connectivity index (χ2v) is 5.45. The van der Waals surface area contributed by atoms with E-state index in [1.807, 2.05) is 24.4 Å². The first kappa shape index (κ1) is 13.6. The molecule has 3 nitrogen and oxygen atoms in total. The van der Waals surface area contributed by atoms with Gasteiger partial charge < -0.3 is 5.32 Å². The summed E-state index contributed by atoms with van der Waals surface area (Å²) in [5.74, 6) is 7.01. The van der Waals surface area contributed by atoms with Crippen LogP contribution in [0.25, 0.3) is 0 Å². The van der Waals surface area contributed by atoms with Gasteiger partial charge in [0.15, 0.2) is 0 Å². The quantitative estimate of drug-likeness (QED) is 0.869. The van der Waals surface area contributed by atoms with Crippen LogP contribution in [0.15, 0.2) is 23.7 Å². The third kappa shape index (κ3) is 4.08. The molecule has 4 heteroatoms. The van der Waals surface area contributed by atoms with Crippen LogP contribution in [-0.4, -0.2) is 16.0 Å². The molecular formula is C15H17N3S. The van der Waals surface area contributed by atoms with E-state index in [1.165, 1.54) is 0 Å². The molecule has 0 aliphatic rings. The number of aryl methyl sites for hydroxylation is 1. The Morgan fingerprint density at radius 3 is 2.79 bits per heavy atom. The summed E-state index contributed by atoms with van der Waals surface area (Å²) in [5, 5.41) is 6.33. The number of thiazole rings is 1. The number of pyridine rings is 1. The molecule has 0 aliphatic heterocycles. The Morgan fingerprint density at radius 2 is 2.21 bits per heavy atom. The first-order chi connectivity index (χ1) is 9.17. The van der Waals surface area contributed by atoms with Gasteiger partial charge in [-0.15, -0.1) is 11.3 Å². The molecule has 0 amide bonds. The number of rotatable bonds is 3. The van der Waals surface area contributed by atoms with E-state index in [9.17, 15) is 0 Å². The fourth-order valence-electron chi connectivity index (χ4n) is 1.46. The Balaban J connectivity index is 2.05. The van der Waals surface area contributed by atoms with Gasteiger partial charge in [0.2, 0.25) is 0 Å². The Bertz CT molecular complexity index is 590. The first-order valence-electron chi connectivity index (χ1n) is 6.34. The smallest absolute Gasteiger partial charge is 0.126 e. The van der Waals surface area contributed by atoms with E-state index < -0.39 is 0 Å². The Hall–Kier alpha value is -1.86. The molecule has 1 atom stereocenters. The lowest BCUT2D eigenvalue weighted by Crippen LogP contribution is -2.14. The Labute approximate surface area is 118 Å². The van der Waals surface area contributed by atoms with Gasteiger partial charge in [-0.1, -0.05) is 12.8 Å². The lowest BCUT2D eigenvalue weighted by Gasteiger charge is -2.11. The molecular weight excluding hydrogens is 254 g/mol. The van der Waals surface area contributed by atoms with Crippen LogP contribution >= 0.6 is 11.3 Å². The standard InChI is InChI=1S/C15H17N3S/c1-4-11(2)17-15-8-6-13(9-16-15)5-7-14-10-19-12(3)18-14/h6,8-11H,4H2,1-3H3,(H,16,17)/t11-/m0/s1. The molecule has 2 aromatic heterocycles. The number of nitrogens with one attached hydrogen (secondary N) is 1. The highest BCUT2D eigenvalue weighted by molar-refractivity contribution is 7.09. The zero-order chi connectivity index (χ0) is 13.7. The van der Waals surface area contributed by atoms with Crippen LogP contribution in [0, 0.1) is 18.8 Å². The van der Waals surface area contributed by atoms with Gasteiger partial charge in [0, 0.05) is 23.2 Å². The van der Waals surface area contributed by atoms with Crippen LogP contribution in [0.2, 0.25) is 0 Å². The van der Waals surface area contributed by atoms with Crippen LogP contribution in [0.1, 0.15) is 36.5 Å². The van der Waals surface area contributed by atoms with E-state index in [0.29, 0.717) is 6.04 Å². The molecule has 98 valence electrons. The molecule has 1 N–H and O–H groups in total. The number of nitrogens with zero attached hydrogens (tertiary/aromatic N) is 2. The molecule has 19 heavy (non-hydrogen) atoms. The minimum Gasteiger partial charge on any atom is -0.368 e. The third-order valence-corrected chi connectivity index (χ3v) is 3.50. The summed E-state index contributed by atoms with van der Waals surface area (Å²) >= 11 is 1.61. The van der Waals surface area contributed by atoms with Crippen molar-refractivity contribution < 1.29 is 0 Å². The maximum atomic E-state index is 4.35. The molecule has 0 bridgehead atoms. The molecule has 0 unspecified atom stereocenters. The maximum Gasteiger partial charge on any atom is 0.126 e. The van der Waals surface area contributed by atoms with Gasteiger partial charge >= 0.3 is 0 Å². The molecule has 0 saturated carbocycles. The van der Waals surface area contributed by atoms with E-state index >= 15 is 0 Å². The average Bonchev–Trinajstić information content (AvgIpc) is 2.83. The van der Waals surface area contributed by atoms with Gasteiger partial charge in [0.1, 0.15) is 11.5 Å². The van der Waals surface area contributed by atoms with Crippen LogP contribution < -0.4 is 5.32 Å². The van der Waals surface area contributed by atoms with E-state index in [0.717, 1.165) is 28.5 Å². The third-order valence-electron chi connectivity index (χ3n) is 2.72. The van der Waals surface area contributed by atoms with E-state index in [2.05, 4.69) is 41.0 Å². The molecule has 0 spiro atoms. The van der Waals surface area contributed by atoms with Gasteiger partial charge in [0.25, 0.3) is 0 Å². The van der Waals surface area contributed by atoms with E-state index in [1.54, 1.807) is 17.5 Å². The topological polar surface area (TPSA) is 37.8 Å². The molecule has 0 radical (unpaired) electrons. The summed E-state index contributed by atoms with van der Waals surface area (Å²) in [4.78, 5) is 8.66. The summed E-state index contributed by atoms with van der Waals surface area (Å²) in [5.41, 5.74) is 1.73. The monoisotopic (exact) mass is 271 g/mol. The molecule has 2 heterocycles. The first-order valence-corrected chi connectivity index (χ1v) is 7.22. The number of aromatic nitrogens is 2. The zero-order valence-corrected chi connectivity index (χ0v) is 12.2. The average molecular weight is 271 g/mol. The predicted octanol–water partition coefficient (Wildman–Crippen LogP) is 3.46. The fraction of sp³-hybridized carbons (Fsp3) is 0.333. The van der Waals surface area contributed by atoms with Crippen molar-refractivity contribution in [1.82, 2.24) is 9.97 Å². The summed E-state index contributed by atoms with van der Waals surface area (Å²) in [6.45, 7) is 6.26. The van der Waals surface area contributed by atoms with Gasteiger partial charge in [-0.25, -0.2) is 9.97 Å². The zero-order valence-electron chi connectivity index (χ0n) is 11.4. The van der Waals surface area contributed by atoms with E-state index in [-0.39, 0.29) is 0 Å². The molecule has 2 rings (SSSR count). The molecule has 0 aliphatic carbocycles. The van der Waals surface area contributed by atoms with Crippen molar-refractivity contribution in [2.75, 3.05) is 5.32 Å². The largest absolute Gasteiger partial charge is 0.368 e. The summed E-state index contributed by atoms with van der Waals surface area (Å²) in [6.07, 6.45) is 2.86. The van der Waals surface area contributed by atoms with Crippen molar-refractivity contribution in [1.29, 1.82) is 0 Å². The maximum absolute atomic E-state index is 4.35. The highest BCUT2D eigenvalue weighted by Crippen LogP contribution is 2.08. The molecule has 0 fully saturated rings. The van der Waals surface area contributed by atoms with Crippen molar-refractivity contribution in [3.8, 4) is 11.8 Å². The van der Waals surface area contributed by atoms with Crippen molar-refractivity contribution >= 4 is 17.2 Å². The molecule has 0 saturated heterocycles. The molecule has 0 aromatic carbocycles. The highest BCUT2D eigenvalue weighted by atomic mass is 32.1. The van der Waals surface area contributed by atoms with Gasteiger partial charge in [-0.3, -0.25) is 0 Å². The van der Waals surface area contributed by atoms with Gasteiger partial charge in [-0.05, 0) is 38.3 Å². The lowest BCUT2D eigenvalue weighted by molar-refractivity contribution is 0.759. The number of hydrogen-bond acceptors (Lipinski definition) is 4. The van der Waals surface area contributed by atoms with Crippen LogP contribution in [0.3, 0.4) is 0 Å². The normalized spacial score (nSPS) is 11.5.